The summed E-state index contributed by atoms with van der Waals surface area (Å²) >= 11 is 12.5. The molecule has 4 aromatic rings. The van der Waals surface area contributed by atoms with Gasteiger partial charge in [0.15, 0.2) is 0 Å². The zero-order valence-corrected chi connectivity index (χ0v) is 28.4. The van der Waals surface area contributed by atoms with Crippen LogP contribution in [0.25, 0.3) is 0 Å². The Balaban J connectivity index is 1.84. The lowest BCUT2D eigenvalue weighted by molar-refractivity contribution is -0.140. The first-order chi connectivity index (χ1) is 21.8. The smallest absolute Gasteiger partial charge is 0.264 e. The van der Waals surface area contributed by atoms with Crippen LogP contribution in [0.5, 0.6) is 5.75 Å². The molecule has 0 aliphatic rings. The summed E-state index contributed by atoms with van der Waals surface area (Å²) in [6.07, 6.45) is 0.191. The van der Waals surface area contributed by atoms with Gasteiger partial charge in [0.25, 0.3) is 10.0 Å². The summed E-state index contributed by atoms with van der Waals surface area (Å²) in [6.45, 7) is 4.96. The van der Waals surface area contributed by atoms with Gasteiger partial charge in [-0.15, -0.1) is 0 Å². The van der Waals surface area contributed by atoms with Crippen molar-refractivity contribution in [1.29, 1.82) is 0 Å². The van der Waals surface area contributed by atoms with Crippen molar-refractivity contribution in [3.8, 4) is 5.75 Å². The molecule has 0 aliphatic carbocycles. The summed E-state index contributed by atoms with van der Waals surface area (Å²) in [7, 11) is -2.72. The van der Waals surface area contributed by atoms with Gasteiger partial charge in [0.05, 0.1) is 27.7 Å². The first-order valence-electron chi connectivity index (χ1n) is 14.6. The molecule has 0 aromatic heterocycles. The van der Waals surface area contributed by atoms with Crippen LogP contribution in [0.3, 0.4) is 0 Å². The highest BCUT2D eigenvalue weighted by molar-refractivity contribution is 7.92. The quantitative estimate of drug-likeness (QED) is 0.178. The van der Waals surface area contributed by atoms with Crippen LogP contribution in [0.15, 0.2) is 108 Å². The highest BCUT2D eigenvalue weighted by atomic mass is 35.5. The zero-order chi connectivity index (χ0) is 33.5. The third-order valence-corrected chi connectivity index (χ3v) is 9.58. The summed E-state index contributed by atoms with van der Waals surface area (Å²) in [4.78, 5) is 30.0. The molecule has 0 bridgehead atoms. The number of ether oxygens (including phenoxy) is 1. The van der Waals surface area contributed by atoms with Crippen LogP contribution in [0.1, 0.15) is 31.9 Å². The maximum absolute atomic E-state index is 14.6. The van der Waals surface area contributed by atoms with E-state index in [-0.39, 0.29) is 39.5 Å². The number of methoxy groups -OCH3 is 1. The van der Waals surface area contributed by atoms with Gasteiger partial charge in [-0.3, -0.25) is 13.9 Å². The molecule has 8 nitrogen and oxygen atoms in total. The van der Waals surface area contributed by atoms with Gasteiger partial charge in [-0.05, 0) is 74.4 Å². The summed E-state index contributed by atoms with van der Waals surface area (Å²) in [5.41, 5.74) is 1.07. The van der Waals surface area contributed by atoms with Gasteiger partial charge in [0.2, 0.25) is 11.8 Å². The molecule has 0 aliphatic heterocycles. The number of carbonyl (C=O) groups excluding carboxylic acids is 2. The van der Waals surface area contributed by atoms with Crippen LogP contribution < -0.4 is 14.4 Å². The number of hydrogen-bond donors (Lipinski definition) is 1. The molecule has 4 rings (SSSR count). The Morgan fingerprint density at radius 3 is 2.07 bits per heavy atom. The average Bonchev–Trinajstić information content (AvgIpc) is 3.03. The highest BCUT2D eigenvalue weighted by Gasteiger charge is 2.35. The lowest BCUT2D eigenvalue weighted by Crippen LogP contribution is -2.56. The van der Waals surface area contributed by atoms with Crippen molar-refractivity contribution in [3.63, 3.8) is 0 Å². The van der Waals surface area contributed by atoms with E-state index >= 15 is 0 Å². The minimum absolute atomic E-state index is 0.00565. The molecule has 0 heterocycles. The third-order valence-electron chi connectivity index (χ3n) is 7.06. The van der Waals surface area contributed by atoms with E-state index in [1.807, 2.05) is 57.2 Å². The second kappa shape index (κ2) is 15.0. The van der Waals surface area contributed by atoms with Crippen LogP contribution >= 0.6 is 23.2 Å². The average molecular weight is 683 g/mol. The Bertz CT molecular complexity index is 1760. The van der Waals surface area contributed by atoms with Crippen LogP contribution in [0, 0.1) is 0 Å². The van der Waals surface area contributed by atoms with Gasteiger partial charge in [0.1, 0.15) is 18.3 Å². The Morgan fingerprint density at radius 1 is 0.826 bits per heavy atom. The lowest BCUT2D eigenvalue weighted by atomic mass is 10.0. The normalized spacial score (nSPS) is 12.2. The lowest BCUT2D eigenvalue weighted by Gasteiger charge is -2.35. The number of sulfonamides is 1. The van der Waals surface area contributed by atoms with Crippen molar-refractivity contribution in [2.24, 2.45) is 0 Å². The van der Waals surface area contributed by atoms with Crippen molar-refractivity contribution in [1.82, 2.24) is 10.2 Å². The molecule has 0 spiro atoms. The van der Waals surface area contributed by atoms with E-state index in [2.05, 4.69) is 5.32 Å². The second-order valence-corrected chi connectivity index (χ2v) is 14.4. The number of hydrogen-bond acceptors (Lipinski definition) is 5. The Labute approximate surface area is 280 Å². The molecule has 0 saturated carbocycles. The van der Waals surface area contributed by atoms with E-state index in [1.165, 1.54) is 35.2 Å². The third kappa shape index (κ3) is 9.02. The maximum atomic E-state index is 14.6. The number of benzene rings is 4. The van der Waals surface area contributed by atoms with E-state index in [4.69, 9.17) is 27.9 Å². The zero-order valence-electron chi connectivity index (χ0n) is 26.1. The van der Waals surface area contributed by atoms with E-state index in [9.17, 15) is 18.0 Å². The summed E-state index contributed by atoms with van der Waals surface area (Å²) < 4.78 is 34.6. The van der Waals surface area contributed by atoms with Crippen LogP contribution in [-0.2, 0) is 32.6 Å². The fourth-order valence-corrected chi connectivity index (χ4v) is 6.58. The van der Waals surface area contributed by atoms with Crippen LogP contribution in [0.2, 0.25) is 10.0 Å². The summed E-state index contributed by atoms with van der Waals surface area (Å²) in [5.74, 6) is -0.397. The predicted octanol–water partition coefficient (Wildman–Crippen LogP) is 6.75. The number of rotatable bonds is 12. The Hall–Kier alpha value is -4.05. The van der Waals surface area contributed by atoms with E-state index in [0.29, 0.717) is 11.3 Å². The van der Waals surface area contributed by atoms with Crippen molar-refractivity contribution in [2.75, 3.05) is 18.0 Å². The molecule has 4 aromatic carbocycles. The second-order valence-electron chi connectivity index (χ2n) is 11.7. The first-order valence-corrected chi connectivity index (χ1v) is 16.8. The number of amides is 2. The Morgan fingerprint density at radius 2 is 1.46 bits per heavy atom. The van der Waals surface area contributed by atoms with Crippen molar-refractivity contribution < 1.29 is 22.7 Å². The van der Waals surface area contributed by atoms with E-state index in [1.54, 1.807) is 43.5 Å². The Kier molecular flexibility index (Phi) is 11.4. The predicted molar refractivity (Wildman–Crippen MR) is 183 cm³/mol. The molecular formula is C35H37Cl2N3O5S. The molecule has 2 amide bonds. The molecule has 11 heteroatoms. The van der Waals surface area contributed by atoms with Gasteiger partial charge < -0.3 is 15.0 Å². The van der Waals surface area contributed by atoms with Gasteiger partial charge in [-0.2, -0.15) is 0 Å². The molecular weight excluding hydrogens is 645 g/mol. The number of anilines is 1. The molecule has 0 radical (unpaired) electrons. The SMILES string of the molecule is COc1cccc(CN(C(=O)CN(c2ccc(Cl)c(Cl)c2)S(=O)(=O)c2ccccc2)[C@H](Cc2ccccc2)C(=O)NC(C)(C)C)c1. The van der Waals surface area contributed by atoms with Crippen molar-refractivity contribution in [2.45, 2.75) is 50.2 Å². The van der Waals surface area contributed by atoms with E-state index in [0.717, 1.165) is 9.87 Å². The standard InChI is InChI=1S/C35H37Cl2N3O5S/c1-35(2,3)38-34(42)32(21-25-12-7-5-8-13-25)39(23-26-14-11-15-28(20-26)45-4)33(41)24-40(27-18-19-30(36)31(37)22-27)46(43,44)29-16-9-6-10-17-29/h5-20,22,32H,21,23-24H2,1-4H3,(H,38,42)/t32-/m1/s1. The molecule has 1 atom stereocenters. The van der Waals surface area contributed by atoms with Crippen LogP contribution in [0.4, 0.5) is 5.69 Å². The fourth-order valence-electron chi connectivity index (χ4n) is 4.86. The van der Waals surface area contributed by atoms with Gasteiger partial charge in [0, 0.05) is 18.5 Å². The maximum Gasteiger partial charge on any atom is 0.264 e. The van der Waals surface area contributed by atoms with Gasteiger partial charge in [-0.25, -0.2) is 8.42 Å². The fraction of sp³-hybridized carbons (Fsp3) is 0.257. The van der Waals surface area contributed by atoms with Gasteiger partial charge >= 0.3 is 0 Å². The van der Waals surface area contributed by atoms with E-state index < -0.39 is 34.1 Å². The highest BCUT2D eigenvalue weighted by Crippen LogP contribution is 2.31. The van der Waals surface area contributed by atoms with Gasteiger partial charge in [-0.1, -0.05) is 83.9 Å². The number of nitrogens with zero attached hydrogens (tertiary/aromatic N) is 2. The number of carbonyl (C=O) groups is 2. The molecule has 242 valence electrons. The van der Waals surface area contributed by atoms with Crippen molar-refractivity contribution in [3.05, 3.63) is 124 Å². The summed E-state index contributed by atoms with van der Waals surface area (Å²) in [5, 5.41) is 3.37. The molecule has 46 heavy (non-hydrogen) atoms. The largest absolute Gasteiger partial charge is 0.497 e. The molecule has 0 saturated heterocycles. The topological polar surface area (TPSA) is 96.0 Å². The first kappa shape index (κ1) is 34.8. The number of halogens is 2. The monoisotopic (exact) mass is 681 g/mol. The minimum atomic E-state index is -4.27. The molecule has 1 N–H and O–H groups in total. The van der Waals surface area contributed by atoms with Crippen LogP contribution in [-0.4, -0.2) is 50.4 Å². The summed E-state index contributed by atoms with van der Waals surface area (Å²) in [6, 6.07) is 27.7. The molecule has 0 fully saturated rings. The number of nitrogens with one attached hydrogen (secondary N) is 1. The minimum Gasteiger partial charge on any atom is -0.497 e. The van der Waals surface area contributed by atoms with Crippen molar-refractivity contribution >= 4 is 50.7 Å². The molecule has 0 unspecified atom stereocenters.